The minimum atomic E-state index is -1.29. The highest BCUT2D eigenvalue weighted by atomic mass is 32.1. The van der Waals surface area contributed by atoms with Gasteiger partial charge in [0.2, 0.25) is 23.6 Å². The number of hydrogen-bond acceptors (Lipinski definition) is 9. The van der Waals surface area contributed by atoms with Gasteiger partial charge in [-0.3, -0.25) is 24.0 Å². The monoisotopic (exact) mass is 609 g/mol. The van der Waals surface area contributed by atoms with Crippen molar-refractivity contribution in [1.29, 1.82) is 0 Å². The first-order chi connectivity index (χ1) is 19.7. The Hall–Kier alpha value is -3.65. The third kappa shape index (κ3) is 12.1. The van der Waals surface area contributed by atoms with E-state index in [1.54, 1.807) is 32.9 Å². The first-order valence-corrected chi connectivity index (χ1v) is 14.4. The molecular weight excluding hydrogens is 566 g/mol. The van der Waals surface area contributed by atoms with Gasteiger partial charge < -0.3 is 42.0 Å². The second-order valence-corrected chi connectivity index (χ2v) is 10.9. The molecular formula is C28H43N5O8S. The molecule has 42 heavy (non-hydrogen) atoms. The van der Waals surface area contributed by atoms with E-state index >= 15 is 0 Å². The van der Waals surface area contributed by atoms with E-state index in [9.17, 15) is 33.9 Å². The van der Waals surface area contributed by atoms with Crippen LogP contribution >= 0.6 is 12.6 Å². The van der Waals surface area contributed by atoms with Crippen molar-refractivity contribution >= 4 is 48.5 Å². The molecule has 0 aliphatic heterocycles. The summed E-state index contributed by atoms with van der Waals surface area (Å²) in [5.74, 6) is -4.67. The summed E-state index contributed by atoms with van der Waals surface area (Å²) in [4.78, 5) is 74.5. The van der Waals surface area contributed by atoms with Gasteiger partial charge in [0.15, 0.2) is 0 Å². The van der Waals surface area contributed by atoms with Crippen LogP contribution in [0.5, 0.6) is 5.75 Å². The number of nitrogens with one attached hydrogen (secondary N) is 4. The normalized spacial score (nSPS) is 15.3. The van der Waals surface area contributed by atoms with Crippen LogP contribution in [0.1, 0.15) is 52.5 Å². The number of aliphatic carboxylic acids is 1. The van der Waals surface area contributed by atoms with Crippen molar-refractivity contribution in [2.75, 3.05) is 5.75 Å². The molecule has 14 heteroatoms. The molecule has 0 saturated heterocycles. The lowest BCUT2D eigenvalue weighted by Crippen LogP contribution is -2.60. The van der Waals surface area contributed by atoms with Gasteiger partial charge in [-0.05, 0) is 42.4 Å². The highest BCUT2D eigenvalue weighted by Crippen LogP contribution is 2.13. The lowest BCUT2D eigenvalue weighted by molar-refractivity contribution is -0.138. The van der Waals surface area contributed by atoms with Crippen LogP contribution in [0, 0.1) is 11.8 Å². The van der Waals surface area contributed by atoms with Crippen LogP contribution in [0.3, 0.4) is 0 Å². The number of benzene rings is 1. The van der Waals surface area contributed by atoms with Crippen LogP contribution in [-0.2, 0) is 35.2 Å². The van der Waals surface area contributed by atoms with Gasteiger partial charge >= 0.3 is 5.97 Å². The van der Waals surface area contributed by atoms with Crippen molar-refractivity contribution < 1.29 is 39.0 Å². The number of aromatic hydroxyl groups is 1. The quantitative estimate of drug-likeness (QED) is 0.0822. The van der Waals surface area contributed by atoms with E-state index in [0.29, 0.717) is 18.3 Å². The van der Waals surface area contributed by atoms with Gasteiger partial charge in [-0.2, -0.15) is 12.6 Å². The SMILES string of the molecule is CC[C@H](C)[C@H](NC(=O)[C@@H](N)Cc1ccc(O)cc1)C(=O)N[C@@H](CS)C(=O)N[C@@H](CCC(=O)O)C(=O)N[C@H](C=O)C(C)C. The predicted molar refractivity (Wildman–Crippen MR) is 159 cm³/mol. The van der Waals surface area contributed by atoms with Crippen molar-refractivity contribution in [2.45, 2.75) is 83.6 Å². The standard InChI is InChI=1S/C28H43N5O8S/c1-5-16(4)24(33-25(38)19(29)12-17-6-8-18(35)9-7-17)28(41)32-22(14-42)27(40)30-20(10-11-23(36)37)26(39)31-21(13-34)15(2)3/h6-9,13,15-16,19-22,24,35,42H,5,10-12,14,29H2,1-4H3,(H,30,40)(H,31,39)(H,32,41)(H,33,38)(H,36,37)/t16-,19-,20-,21+,22-,24-/m0/s1. The molecule has 0 spiro atoms. The molecule has 0 fully saturated rings. The molecule has 1 aromatic rings. The van der Waals surface area contributed by atoms with Crippen LogP contribution in [-0.4, -0.2) is 82.1 Å². The summed E-state index contributed by atoms with van der Waals surface area (Å²) in [7, 11) is 0. The maximum absolute atomic E-state index is 13.3. The zero-order valence-electron chi connectivity index (χ0n) is 24.3. The number of hydrogen-bond donors (Lipinski definition) is 8. The van der Waals surface area contributed by atoms with Gasteiger partial charge in [0.1, 0.15) is 30.2 Å². The van der Waals surface area contributed by atoms with E-state index in [2.05, 4.69) is 33.9 Å². The molecule has 0 aromatic heterocycles. The number of carboxylic acid groups (broad SMARTS) is 1. The van der Waals surface area contributed by atoms with E-state index < -0.39 is 66.2 Å². The Balaban J connectivity index is 2.99. The fourth-order valence-corrected chi connectivity index (χ4v) is 4.09. The van der Waals surface area contributed by atoms with Crippen molar-refractivity contribution in [1.82, 2.24) is 21.3 Å². The Morgan fingerprint density at radius 3 is 1.98 bits per heavy atom. The number of rotatable bonds is 18. The van der Waals surface area contributed by atoms with Crippen LogP contribution in [0.2, 0.25) is 0 Å². The second-order valence-electron chi connectivity index (χ2n) is 10.5. The van der Waals surface area contributed by atoms with Crippen molar-refractivity contribution in [3.05, 3.63) is 29.8 Å². The first-order valence-electron chi connectivity index (χ1n) is 13.8. The zero-order chi connectivity index (χ0) is 32.0. The van der Waals surface area contributed by atoms with E-state index in [1.807, 2.05) is 6.92 Å². The number of phenolic OH excluding ortho intramolecular Hbond substituents is 1. The molecule has 0 aliphatic rings. The Labute approximate surface area is 251 Å². The topological polar surface area (TPSA) is 217 Å². The third-order valence-electron chi connectivity index (χ3n) is 6.79. The first kappa shape index (κ1) is 36.4. The average Bonchev–Trinajstić information content (AvgIpc) is 2.95. The highest BCUT2D eigenvalue weighted by Gasteiger charge is 2.32. The van der Waals surface area contributed by atoms with Crippen LogP contribution in [0.25, 0.3) is 0 Å². The maximum atomic E-state index is 13.3. The van der Waals surface area contributed by atoms with Gasteiger partial charge in [-0.1, -0.05) is 46.2 Å². The molecule has 0 saturated carbocycles. The predicted octanol–water partition coefficient (Wildman–Crippen LogP) is -0.103. The summed E-state index contributed by atoms with van der Waals surface area (Å²) in [5, 5.41) is 28.7. The number of nitrogens with two attached hydrogens (primary N) is 1. The van der Waals surface area contributed by atoms with Crippen molar-refractivity contribution in [3.63, 3.8) is 0 Å². The molecule has 0 radical (unpaired) electrons. The van der Waals surface area contributed by atoms with Crippen LogP contribution in [0.4, 0.5) is 0 Å². The molecule has 0 bridgehead atoms. The number of amides is 4. The van der Waals surface area contributed by atoms with Crippen LogP contribution in [0.15, 0.2) is 24.3 Å². The molecule has 0 unspecified atom stereocenters. The number of aldehydes is 1. The highest BCUT2D eigenvalue weighted by molar-refractivity contribution is 7.80. The van der Waals surface area contributed by atoms with Crippen molar-refractivity contribution in [3.8, 4) is 5.75 Å². The number of phenols is 1. The van der Waals surface area contributed by atoms with E-state index in [0.717, 1.165) is 0 Å². The molecule has 6 atom stereocenters. The summed E-state index contributed by atoms with van der Waals surface area (Å²) < 4.78 is 0. The zero-order valence-corrected chi connectivity index (χ0v) is 25.2. The largest absolute Gasteiger partial charge is 0.508 e. The van der Waals surface area contributed by atoms with Gasteiger partial charge in [0.05, 0.1) is 12.1 Å². The minimum Gasteiger partial charge on any atom is -0.508 e. The van der Waals surface area contributed by atoms with E-state index in [1.165, 1.54) is 12.1 Å². The lowest BCUT2D eigenvalue weighted by atomic mass is 9.97. The minimum absolute atomic E-state index is 0.0719. The van der Waals surface area contributed by atoms with Gasteiger partial charge in [-0.25, -0.2) is 0 Å². The summed E-state index contributed by atoms with van der Waals surface area (Å²) >= 11 is 4.15. The Morgan fingerprint density at radius 1 is 0.905 bits per heavy atom. The van der Waals surface area contributed by atoms with E-state index in [4.69, 9.17) is 10.8 Å². The number of carboxylic acids is 1. The Kier molecular flexibility index (Phi) is 15.6. The maximum Gasteiger partial charge on any atom is 0.303 e. The fraction of sp³-hybridized carbons (Fsp3) is 0.571. The molecule has 1 aromatic carbocycles. The average molecular weight is 610 g/mol. The third-order valence-corrected chi connectivity index (χ3v) is 7.16. The smallest absolute Gasteiger partial charge is 0.303 e. The number of carbonyl (C=O) groups is 6. The number of carbonyl (C=O) groups excluding carboxylic acids is 5. The molecule has 234 valence electrons. The molecule has 0 heterocycles. The molecule has 1 rings (SSSR count). The lowest BCUT2D eigenvalue weighted by Gasteiger charge is -2.28. The van der Waals surface area contributed by atoms with Crippen molar-refractivity contribution in [2.24, 2.45) is 17.6 Å². The molecule has 13 nitrogen and oxygen atoms in total. The van der Waals surface area contributed by atoms with Crippen LogP contribution < -0.4 is 27.0 Å². The second kappa shape index (κ2) is 18.0. The fourth-order valence-electron chi connectivity index (χ4n) is 3.83. The molecule has 0 aliphatic carbocycles. The van der Waals surface area contributed by atoms with E-state index in [-0.39, 0.29) is 36.2 Å². The van der Waals surface area contributed by atoms with Gasteiger partial charge in [0, 0.05) is 12.2 Å². The number of thiol groups is 1. The molecule has 4 amide bonds. The Morgan fingerprint density at radius 2 is 1.48 bits per heavy atom. The summed E-state index contributed by atoms with van der Waals surface area (Å²) in [6.07, 6.45) is 0.526. The Bertz CT molecular complexity index is 1080. The summed E-state index contributed by atoms with van der Waals surface area (Å²) in [6.45, 7) is 6.99. The molecule has 8 N–H and O–H groups in total. The van der Waals surface area contributed by atoms with Gasteiger partial charge in [0.25, 0.3) is 0 Å². The van der Waals surface area contributed by atoms with Gasteiger partial charge in [-0.15, -0.1) is 0 Å². The summed E-state index contributed by atoms with van der Waals surface area (Å²) in [5.41, 5.74) is 6.77. The summed E-state index contributed by atoms with van der Waals surface area (Å²) in [6, 6.07) is 0.784.